The van der Waals surface area contributed by atoms with E-state index in [0.29, 0.717) is 0 Å². The van der Waals surface area contributed by atoms with Crippen molar-refractivity contribution in [2.45, 2.75) is 32.2 Å². The standard InChI is InChI=1S/C23H30N2O2.ClH/c1-19-8-6-7-11-22(19)25(23(26)18-27-2)21-13-16-24(17-14-21)15-12-20-9-4-3-5-10-20;/h3-11,21H,12-18H2,1-2H3;1H. The number of hydrogen-bond acceptors (Lipinski definition) is 3. The van der Waals surface area contributed by atoms with Gasteiger partial charge in [0.25, 0.3) is 5.91 Å². The summed E-state index contributed by atoms with van der Waals surface area (Å²) in [6.07, 6.45) is 3.08. The molecule has 28 heavy (non-hydrogen) atoms. The molecule has 0 atom stereocenters. The molecule has 2 aromatic rings. The number of carbonyl (C=O) groups is 1. The Bertz CT molecular complexity index is 730. The first-order valence-electron chi connectivity index (χ1n) is 9.82. The summed E-state index contributed by atoms with van der Waals surface area (Å²) in [5.74, 6) is 0.0505. The van der Waals surface area contributed by atoms with E-state index in [1.807, 2.05) is 23.1 Å². The van der Waals surface area contributed by atoms with Gasteiger partial charge in [0.2, 0.25) is 0 Å². The fourth-order valence-electron chi connectivity index (χ4n) is 3.89. The maximum Gasteiger partial charge on any atom is 0.253 e. The van der Waals surface area contributed by atoms with E-state index in [4.69, 9.17) is 4.74 Å². The topological polar surface area (TPSA) is 32.8 Å². The number of halogens is 1. The number of methoxy groups -OCH3 is 1. The SMILES string of the molecule is COCC(=O)N(c1ccccc1C)C1CCN(CCc2ccccc2)CC1.Cl. The van der Waals surface area contributed by atoms with Gasteiger partial charge in [0.05, 0.1) is 0 Å². The summed E-state index contributed by atoms with van der Waals surface area (Å²) in [7, 11) is 1.58. The van der Waals surface area contributed by atoms with Crippen molar-refractivity contribution in [3.63, 3.8) is 0 Å². The van der Waals surface area contributed by atoms with Gasteiger partial charge in [0.15, 0.2) is 0 Å². The van der Waals surface area contributed by atoms with Crippen LogP contribution in [0.2, 0.25) is 0 Å². The molecule has 1 aliphatic heterocycles. The highest BCUT2D eigenvalue weighted by Crippen LogP contribution is 2.27. The third-order valence-corrected chi connectivity index (χ3v) is 5.39. The molecule has 0 unspecified atom stereocenters. The van der Waals surface area contributed by atoms with Crippen LogP contribution in [0.3, 0.4) is 0 Å². The summed E-state index contributed by atoms with van der Waals surface area (Å²) in [5, 5.41) is 0. The molecule has 0 aromatic heterocycles. The number of anilines is 1. The van der Waals surface area contributed by atoms with E-state index < -0.39 is 0 Å². The van der Waals surface area contributed by atoms with Crippen LogP contribution in [-0.4, -0.2) is 50.2 Å². The number of benzene rings is 2. The van der Waals surface area contributed by atoms with Gasteiger partial charge < -0.3 is 14.5 Å². The third kappa shape index (κ3) is 5.81. The zero-order valence-corrected chi connectivity index (χ0v) is 17.7. The minimum absolute atomic E-state index is 0. The van der Waals surface area contributed by atoms with Crippen LogP contribution >= 0.6 is 12.4 Å². The van der Waals surface area contributed by atoms with Crippen LogP contribution in [0.15, 0.2) is 54.6 Å². The number of piperidine rings is 1. The first kappa shape index (κ1) is 22.4. The Morgan fingerprint density at radius 3 is 2.36 bits per heavy atom. The molecule has 0 aliphatic carbocycles. The molecule has 4 nitrogen and oxygen atoms in total. The molecule has 5 heteroatoms. The Labute approximate surface area is 174 Å². The van der Waals surface area contributed by atoms with Gasteiger partial charge in [-0.2, -0.15) is 0 Å². The van der Waals surface area contributed by atoms with Gasteiger partial charge in [-0.1, -0.05) is 48.5 Å². The van der Waals surface area contributed by atoms with Crippen molar-refractivity contribution in [1.29, 1.82) is 0 Å². The second kappa shape index (κ2) is 11.2. The lowest BCUT2D eigenvalue weighted by atomic mass is 10.00. The highest BCUT2D eigenvalue weighted by molar-refractivity contribution is 5.95. The molecule has 0 saturated carbocycles. The summed E-state index contributed by atoms with van der Waals surface area (Å²) in [6.45, 7) is 5.33. The molecule has 0 bridgehead atoms. The Hall–Kier alpha value is -1.88. The predicted octanol–water partition coefficient (Wildman–Crippen LogP) is 4.10. The first-order valence-corrected chi connectivity index (χ1v) is 9.82. The quantitative estimate of drug-likeness (QED) is 0.698. The second-order valence-corrected chi connectivity index (χ2v) is 7.29. The van der Waals surface area contributed by atoms with Gasteiger partial charge >= 0.3 is 0 Å². The van der Waals surface area contributed by atoms with Crippen LogP contribution in [-0.2, 0) is 16.0 Å². The monoisotopic (exact) mass is 402 g/mol. The van der Waals surface area contributed by atoms with Crippen LogP contribution < -0.4 is 4.90 Å². The predicted molar refractivity (Wildman–Crippen MR) is 117 cm³/mol. The molecule has 1 heterocycles. The van der Waals surface area contributed by atoms with E-state index >= 15 is 0 Å². The van der Waals surface area contributed by atoms with Crippen LogP contribution in [0.4, 0.5) is 5.69 Å². The van der Waals surface area contributed by atoms with Gasteiger partial charge in [0, 0.05) is 38.5 Å². The lowest BCUT2D eigenvalue weighted by Crippen LogP contribution is -2.49. The lowest BCUT2D eigenvalue weighted by molar-refractivity contribution is -0.122. The Kier molecular flexibility index (Phi) is 8.97. The van der Waals surface area contributed by atoms with E-state index in [-0.39, 0.29) is 31.0 Å². The number of carbonyl (C=O) groups excluding carboxylic acids is 1. The number of aryl methyl sites for hydroxylation is 1. The fourth-order valence-corrected chi connectivity index (χ4v) is 3.89. The van der Waals surface area contributed by atoms with Gasteiger partial charge in [-0.05, 0) is 43.4 Å². The smallest absolute Gasteiger partial charge is 0.253 e. The van der Waals surface area contributed by atoms with Crippen molar-refractivity contribution in [3.8, 4) is 0 Å². The van der Waals surface area contributed by atoms with Gasteiger partial charge in [-0.15, -0.1) is 12.4 Å². The molecule has 152 valence electrons. The molecule has 1 saturated heterocycles. The number of hydrogen-bond donors (Lipinski definition) is 0. The van der Waals surface area contributed by atoms with Crippen LogP contribution in [0.25, 0.3) is 0 Å². The van der Waals surface area contributed by atoms with Gasteiger partial charge in [-0.3, -0.25) is 4.79 Å². The van der Waals surface area contributed by atoms with Crippen LogP contribution in [0.1, 0.15) is 24.0 Å². The minimum atomic E-state index is 0. The van der Waals surface area contributed by atoms with Crippen molar-refractivity contribution < 1.29 is 9.53 Å². The average Bonchev–Trinajstić information content (AvgIpc) is 2.70. The normalized spacial score (nSPS) is 15.1. The molecular weight excluding hydrogens is 372 g/mol. The summed E-state index contributed by atoms with van der Waals surface area (Å²) in [6, 6.07) is 19.0. The van der Waals surface area contributed by atoms with Gasteiger partial charge in [-0.25, -0.2) is 0 Å². The molecule has 1 aliphatic rings. The van der Waals surface area contributed by atoms with Crippen molar-refractivity contribution in [2.75, 3.05) is 38.3 Å². The highest BCUT2D eigenvalue weighted by Gasteiger charge is 2.29. The van der Waals surface area contributed by atoms with Crippen LogP contribution in [0, 0.1) is 6.92 Å². The maximum atomic E-state index is 12.8. The summed E-state index contributed by atoms with van der Waals surface area (Å²) in [4.78, 5) is 17.3. The van der Waals surface area contributed by atoms with Crippen molar-refractivity contribution in [1.82, 2.24) is 4.90 Å². The van der Waals surface area contributed by atoms with Crippen molar-refractivity contribution in [2.24, 2.45) is 0 Å². The Morgan fingerprint density at radius 2 is 1.71 bits per heavy atom. The summed E-state index contributed by atoms with van der Waals surface area (Å²) in [5.41, 5.74) is 3.53. The number of amides is 1. The van der Waals surface area contributed by atoms with Crippen molar-refractivity contribution in [3.05, 3.63) is 65.7 Å². The largest absolute Gasteiger partial charge is 0.375 e. The Balaban J connectivity index is 0.00000280. The second-order valence-electron chi connectivity index (χ2n) is 7.29. The summed E-state index contributed by atoms with van der Waals surface area (Å²) < 4.78 is 5.14. The molecule has 1 amide bonds. The van der Waals surface area contributed by atoms with E-state index in [1.165, 1.54) is 5.56 Å². The molecule has 1 fully saturated rings. The minimum Gasteiger partial charge on any atom is -0.375 e. The van der Waals surface area contributed by atoms with E-state index in [0.717, 1.165) is 50.1 Å². The zero-order valence-electron chi connectivity index (χ0n) is 16.8. The van der Waals surface area contributed by atoms with Crippen molar-refractivity contribution >= 4 is 24.0 Å². The number of likely N-dealkylation sites (tertiary alicyclic amines) is 1. The Morgan fingerprint density at radius 1 is 1.07 bits per heavy atom. The van der Waals surface area contributed by atoms with Gasteiger partial charge in [0.1, 0.15) is 6.61 Å². The number of ether oxygens (including phenoxy) is 1. The van der Waals surface area contributed by atoms with E-state index in [9.17, 15) is 4.79 Å². The molecule has 0 spiro atoms. The first-order chi connectivity index (χ1) is 13.2. The molecule has 0 N–H and O–H groups in total. The van der Waals surface area contributed by atoms with Crippen LogP contribution in [0.5, 0.6) is 0 Å². The fraction of sp³-hybridized carbons (Fsp3) is 0.435. The number of para-hydroxylation sites is 1. The molecule has 2 aromatic carbocycles. The average molecular weight is 403 g/mol. The number of rotatable bonds is 7. The summed E-state index contributed by atoms with van der Waals surface area (Å²) >= 11 is 0. The lowest BCUT2D eigenvalue weighted by Gasteiger charge is -2.39. The molecule has 3 rings (SSSR count). The molecular formula is C23H31ClN2O2. The highest BCUT2D eigenvalue weighted by atomic mass is 35.5. The number of nitrogens with zero attached hydrogens (tertiary/aromatic N) is 2. The molecule has 0 radical (unpaired) electrons. The van der Waals surface area contributed by atoms with E-state index in [1.54, 1.807) is 7.11 Å². The zero-order chi connectivity index (χ0) is 19.1. The third-order valence-electron chi connectivity index (χ3n) is 5.39. The van der Waals surface area contributed by atoms with E-state index in [2.05, 4.69) is 48.2 Å². The maximum absolute atomic E-state index is 12.8.